The summed E-state index contributed by atoms with van der Waals surface area (Å²) < 4.78 is 7.60. The van der Waals surface area contributed by atoms with Crippen LogP contribution in [0.2, 0.25) is 0 Å². The molecule has 0 bridgehead atoms. The third kappa shape index (κ3) is 4.67. The number of ether oxygens (including phenoxy) is 1. The van der Waals surface area contributed by atoms with E-state index in [-0.39, 0.29) is 11.8 Å². The minimum atomic E-state index is -0.0741. The number of carbonyl (C=O) groups is 2. The Morgan fingerprint density at radius 3 is 2.35 bits per heavy atom. The number of fused-ring (bicyclic) bond motifs is 2. The number of anilines is 1. The molecule has 0 spiro atoms. The molecule has 7 nitrogen and oxygen atoms in total. The molecule has 0 N–H and O–H groups in total. The largest absolute Gasteiger partial charge is 0.496 e. The highest BCUT2D eigenvalue weighted by molar-refractivity contribution is 6.07. The Morgan fingerprint density at radius 1 is 0.850 bits per heavy atom. The summed E-state index contributed by atoms with van der Waals surface area (Å²) in [6.07, 6.45) is 0.979. The van der Waals surface area contributed by atoms with Gasteiger partial charge in [-0.1, -0.05) is 48.5 Å². The molecule has 1 atom stereocenters. The maximum atomic E-state index is 14.0. The second-order valence-electron chi connectivity index (χ2n) is 10.8. The van der Waals surface area contributed by atoms with Gasteiger partial charge in [-0.3, -0.25) is 9.59 Å². The van der Waals surface area contributed by atoms with Crippen molar-refractivity contribution in [3.63, 3.8) is 0 Å². The minimum Gasteiger partial charge on any atom is -0.496 e. The van der Waals surface area contributed by atoms with Gasteiger partial charge in [-0.2, -0.15) is 0 Å². The van der Waals surface area contributed by atoms with Gasteiger partial charge in [-0.15, -0.1) is 0 Å². The maximum Gasteiger partial charge on any atom is 0.270 e. The van der Waals surface area contributed by atoms with Gasteiger partial charge in [-0.05, 0) is 68.0 Å². The van der Waals surface area contributed by atoms with Crippen LogP contribution in [0.5, 0.6) is 5.75 Å². The highest BCUT2D eigenvalue weighted by Crippen LogP contribution is 2.33. The summed E-state index contributed by atoms with van der Waals surface area (Å²) in [6, 6.07) is 27.8. The number of hydrogen-bond donors (Lipinski definition) is 0. The molecule has 2 aliphatic heterocycles. The van der Waals surface area contributed by atoms with Crippen molar-refractivity contribution in [3.8, 4) is 16.9 Å². The van der Waals surface area contributed by atoms with Crippen LogP contribution in [0.15, 0.2) is 84.9 Å². The summed E-state index contributed by atoms with van der Waals surface area (Å²) >= 11 is 0. The van der Waals surface area contributed by atoms with E-state index in [0.717, 1.165) is 53.3 Å². The zero-order valence-electron chi connectivity index (χ0n) is 23.2. The van der Waals surface area contributed by atoms with E-state index in [4.69, 9.17) is 4.74 Å². The van der Waals surface area contributed by atoms with Crippen molar-refractivity contribution in [1.29, 1.82) is 0 Å². The Bertz CT molecular complexity index is 1560. The van der Waals surface area contributed by atoms with Crippen LogP contribution in [-0.2, 0) is 13.1 Å². The molecule has 1 fully saturated rings. The number of para-hydroxylation sites is 2. The van der Waals surface area contributed by atoms with Gasteiger partial charge in [0.1, 0.15) is 11.4 Å². The summed E-state index contributed by atoms with van der Waals surface area (Å²) in [5.74, 6) is 0.773. The van der Waals surface area contributed by atoms with Gasteiger partial charge in [0.15, 0.2) is 0 Å². The van der Waals surface area contributed by atoms with E-state index in [0.29, 0.717) is 30.4 Å². The summed E-state index contributed by atoms with van der Waals surface area (Å²) in [5, 5.41) is 0. The molecule has 2 amide bonds. The molecule has 204 valence electrons. The van der Waals surface area contributed by atoms with Gasteiger partial charge in [0, 0.05) is 41.6 Å². The average molecular weight is 535 g/mol. The number of likely N-dealkylation sites (N-methyl/N-ethyl adjacent to an activating group) is 1. The van der Waals surface area contributed by atoms with E-state index in [1.54, 1.807) is 7.11 Å². The molecule has 40 heavy (non-hydrogen) atoms. The van der Waals surface area contributed by atoms with Gasteiger partial charge < -0.3 is 24.0 Å². The molecule has 3 heterocycles. The van der Waals surface area contributed by atoms with Gasteiger partial charge >= 0.3 is 0 Å². The second kappa shape index (κ2) is 10.7. The van der Waals surface area contributed by atoms with Crippen molar-refractivity contribution in [3.05, 3.63) is 107 Å². The molecule has 2 aliphatic rings. The lowest BCUT2D eigenvalue weighted by molar-refractivity contribution is 0.0772. The summed E-state index contributed by atoms with van der Waals surface area (Å²) in [6.45, 7) is 2.42. The molecule has 6 rings (SSSR count). The van der Waals surface area contributed by atoms with E-state index in [1.165, 1.54) is 0 Å². The van der Waals surface area contributed by atoms with Gasteiger partial charge in [0.05, 0.1) is 20.2 Å². The lowest BCUT2D eigenvalue weighted by atomic mass is 10.0. The molecule has 7 heteroatoms. The van der Waals surface area contributed by atoms with Crippen LogP contribution in [0.1, 0.15) is 38.5 Å². The second-order valence-corrected chi connectivity index (χ2v) is 10.8. The summed E-state index contributed by atoms with van der Waals surface area (Å²) in [5.41, 5.74) is 6.09. The normalized spacial score (nSPS) is 16.4. The minimum absolute atomic E-state index is 0.0554. The number of benzene rings is 3. The molecule has 1 saturated heterocycles. The molecule has 0 aliphatic carbocycles. The monoisotopic (exact) mass is 534 g/mol. The number of likely N-dealkylation sites (tertiary alicyclic amines) is 1. The topological polar surface area (TPSA) is 58.0 Å². The fourth-order valence-corrected chi connectivity index (χ4v) is 5.87. The van der Waals surface area contributed by atoms with Crippen LogP contribution >= 0.6 is 0 Å². The van der Waals surface area contributed by atoms with Gasteiger partial charge in [0.25, 0.3) is 11.8 Å². The fourth-order valence-electron chi connectivity index (χ4n) is 5.87. The van der Waals surface area contributed by atoms with Crippen molar-refractivity contribution in [2.24, 2.45) is 0 Å². The van der Waals surface area contributed by atoms with Crippen molar-refractivity contribution >= 4 is 17.5 Å². The third-order valence-electron chi connectivity index (χ3n) is 8.20. The molecule has 3 aromatic carbocycles. The van der Waals surface area contributed by atoms with E-state index in [2.05, 4.69) is 23.6 Å². The first-order chi connectivity index (χ1) is 19.4. The Labute approximate surface area is 235 Å². The Hall–Kier alpha value is -4.36. The summed E-state index contributed by atoms with van der Waals surface area (Å²) in [4.78, 5) is 33.5. The number of aromatic nitrogens is 1. The summed E-state index contributed by atoms with van der Waals surface area (Å²) in [7, 11) is 5.79. The lowest BCUT2D eigenvalue weighted by Crippen LogP contribution is -2.35. The Kier molecular flexibility index (Phi) is 6.90. The molecule has 0 saturated carbocycles. The van der Waals surface area contributed by atoms with Crippen LogP contribution in [0.3, 0.4) is 0 Å². The van der Waals surface area contributed by atoms with Crippen LogP contribution < -0.4 is 9.64 Å². The number of nitrogens with zero attached hydrogens (tertiary/aromatic N) is 4. The lowest BCUT2D eigenvalue weighted by Gasteiger charge is -2.23. The van der Waals surface area contributed by atoms with E-state index in [1.807, 2.05) is 94.7 Å². The first kappa shape index (κ1) is 25.9. The van der Waals surface area contributed by atoms with E-state index < -0.39 is 0 Å². The van der Waals surface area contributed by atoms with E-state index in [9.17, 15) is 9.59 Å². The van der Waals surface area contributed by atoms with Crippen LogP contribution in [0, 0.1) is 0 Å². The van der Waals surface area contributed by atoms with E-state index >= 15 is 0 Å². The Balaban J connectivity index is 1.30. The van der Waals surface area contributed by atoms with Crippen molar-refractivity contribution in [1.82, 2.24) is 14.4 Å². The predicted octanol–water partition coefficient (Wildman–Crippen LogP) is 5.15. The zero-order valence-corrected chi connectivity index (χ0v) is 23.2. The first-order valence-corrected chi connectivity index (χ1v) is 13.7. The maximum absolute atomic E-state index is 14.0. The number of carbonyl (C=O) groups excluding carboxylic acids is 2. The number of rotatable bonds is 5. The SMILES string of the molecule is COc1ccccc1-c1ccc(C(=O)N2Cc3ccc(C(=O)N4CC[C@@H](N(C)C)C4)n3Cc3ccccc32)cc1. The average Bonchev–Trinajstić information content (AvgIpc) is 3.60. The zero-order chi connectivity index (χ0) is 27.8. The number of methoxy groups -OCH3 is 1. The number of amides is 2. The predicted molar refractivity (Wildman–Crippen MR) is 157 cm³/mol. The standard InChI is InChI=1S/C33H34N4O3/c1-34(2)26-18-19-35(21-26)33(39)30-17-16-27-22-37(29-10-6-4-8-25(29)20-36(27)30)32(38)24-14-12-23(13-15-24)28-9-5-7-11-31(28)40-3/h4-17,26H,18-22H2,1-3H3/t26-/m1/s1. The van der Waals surface area contributed by atoms with Gasteiger partial charge in [-0.25, -0.2) is 0 Å². The van der Waals surface area contributed by atoms with Crippen molar-refractivity contribution in [2.45, 2.75) is 25.6 Å². The van der Waals surface area contributed by atoms with Crippen molar-refractivity contribution < 1.29 is 14.3 Å². The van der Waals surface area contributed by atoms with Crippen LogP contribution in [-0.4, -0.2) is 66.5 Å². The highest BCUT2D eigenvalue weighted by atomic mass is 16.5. The molecular formula is C33H34N4O3. The quantitative estimate of drug-likeness (QED) is 0.356. The molecule has 1 aromatic heterocycles. The molecular weight excluding hydrogens is 500 g/mol. The van der Waals surface area contributed by atoms with Crippen molar-refractivity contribution in [2.75, 3.05) is 39.2 Å². The third-order valence-corrected chi connectivity index (χ3v) is 8.20. The highest BCUT2D eigenvalue weighted by Gasteiger charge is 2.32. The first-order valence-electron chi connectivity index (χ1n) is 13.7. The van der Waals surface area contributed by atoms with Crippen LogP contribution in [0.25, 0.3) is 11.1 Å². The number of hydrogen-bond acceptors (Lipinski definition) is 4. The molecule has 0 radical (unpaired) electrons. The molecule has 4 aromatic rings. The van der Waals surface area contributed by atoms with Gasteiger partial charge in [0.2, 0.25) is 0 Å². The molecule has 0 unspecified atom stereocenters. The smallest absolute Gasteiger partial charge is 0.270 e. The Morgan fingerprint density at radius 2 is 1.60 bits per heavy atom. The van der Waals surface area contributed by atoms with Crippen LogP contribution in [0.4, 0.5) is 5.69 Å². The fraction of sp³-hybridized carbons (Fsp3) is 0.273.